The van der Waals surface area contributed by atoms with Gasteiger partial charge in [-0.1, -0.05) is 24.3 Å². The molecule has 0 radical (unpaired) electrons. The third kappa shape index (κ3) is 1.47. The Morgan fingerprint density at radius 2 is 2.06 bits per heavy atom. The highest BCUT2D eigenvalue weighted by atomic mass is 32.1. The van der Waals surface area contributed by atoms with Crippen molar-refractivity contribution < 1.29 is 4.79 Å². The van der Waals surface area contributed by atoms with Crippen molar-refractivity contribution in [3.63, 3.8) is 0 Å². The van der Waals surface area contributed by atoms with Crippen molar-refractivity contribution in [2.45, 2.75) is 25.9 Å². The zero-order chi connectivity index (χ0) is 12.0. The number of nitrogens with zero attached hydrogens (tertiary/aromatic N) is 2. The molecule has 0 N–H and O–H groups in total. The van der Waals surface area contributed by atoms with Gasteiger partial charge in [-0.25, -0.2) is 0 Å². The lowest BCUT2D eigenvalue weighted by Gasteiger charge is -2.30. The summed E-state index contributed by atoms with van der Waals surface area (Å²) >= 11 is 5.37. The van der Waals surface area contributed by atoms with Crippen LogP contribution in [0.25, 0.3) is 0 Å². The Morgan fingerprint density at radius 3 is 2.76 bits per heavy atom. The van der Waals surface area contributed by atoms with Gasteiger partial charge in [-0.2, -0.15) is 0 Å². The summed E-state index contributed by atoms with van der Waals surface area (Å²) in [5, 5.41) is 0.692. The molecule has 3 rings (SSSR count). The van der Waals surface area contributed by atoms with E-state index in [1.807, 2.05) is 19.1 Å². The molecule has 1 fully saturated rings. The van der Waals surface area contributed by atoms with Gasteiger partial charge in [0.05, 0.1) is 0 Å². The zero-order valence-corrected chi connectivity index (χ0v) is 10.5. The minimum absolute atomic E-state index is 0.0719. The average molecular weight is 246 g/mol. The Kier molecular flexibility index (Phi) is 2.40. The minimum atomic E-state index is -0.0719. The molecule has 1 aromatic carbocycles. The second kappa shape index (κ2) is 3.81. The van der Waals surface area contributed by atoms with E-state index in [0.29, 0.717) is 11.7 Å². The zero-order valence-electron chi connectivity index (χ0n) is 9.72. The van der Waals surface area contributed by atoms with E-state index < -0.39 is 0 Å². The lowest BCUT2D eigenvalue weighted by atomic mass is 9.95. The highest BCUT2D eigenvalue weighted by Gasteiger charge is 2.43. The van der Waals surface area contributed by atoms with Gasteiger partial charge in [-0.15, -0.1) is 0 Å². The maximum Gasteiger partial charge on any atom is 0.251 e. The van der Waals surface area contributed by atoms with Gasteiger partial charge >= 0.3 is 0 Å². The molecule has 1 saturated heterocycles. The van der Waals surface area contributed by atoms with Crippen molar-refractivity contribution in [2.75, 3.05) is 6.54 Å². The smallest absolute Gasteiger partial charge is 0.251 e. The third-order valence-electron chi connectivity index (χ3n) is 3.59. The van der Waals surface area contributed by atoms with Gasteiger partial charge in [0, 0.05) is 19.5 Å². The van der Waals surface area contributed by atoms with Gasteiger partial charge < -0.3 is 4.90 Å². The Hall–Kier alpha value is -1.42. The van der Waals surface area contributed by atoms with Gasteiger partial charge in [0.25, 0.3) is 5.91 Å². The van der Waals surface area contributed by atoms with E-state index in [1.165, 1.54) is 11.1 Å². The fraction of sp³-hybridized carbons (Fsp3) is 0.385. The minimum Gasteiger partial charge on any atom is -0.332 e. The van der Waals surface area contributed by atoms with Crippen LogP contribution in [0.4, 0.5) is 0 Å². The van der Waals surface area contributed by atoms with Gasteiger partial charge in [0.1, 0.15) is 6.04 Å². The summed E-state index contributed by atoms with van der Waals surface area (Å²) in [6.45, 7) is 3.40. The molecule has 2 aliphatic heterocycles. The Bertz CT molecular complexity index is 457. The Morgan fingerprint density at radius 1 is 1.35 bits per heavy atom. The predicted molar refractivity (Wildman–Crippen MR) is 69.5 cm³/mol. The molecule has 88 valence electrons. The van der Waals surface area contributed by atoms with E-state index in [4.69, 9.17) is 12.2 Å². The molecule has 4 heteroatoms. The summed E-state index contributed by atoms with van der Waals surface area (Å²) in [6, 6.07) is 8.23. The number of hydrogen-bond donors (Lipinski definition) is 0. The normalized spacial score (nSPS) is 22.8. The summed E-state index contributed by atoms with van der Waals surface area (Å²) in [7, 11) is 0. The second-order valence-electron chi connectivity index (χ2n) is 4.48. The van der Waals surface area contributed by atoms with Gasteiger partial charge in [-0.3, -0.25) is 9.69 Å². The number of likely N-dealkylation sites (N-methyl/N-ethyl adjacent to an activating group) is 1. The molecule has 3 nitrogen and oxygen atoms in total. The molecular formula is C13H14N2OS. The molecule has 0 bridgehead atoms. The number of rotatable bonds is 1. The van der Waals surface area contributed by atoms with Crippen LogP contribution < -0.4 is 0 Å². The molecule has 2 heterocycles. The van der Waals surface area contributed by atoms with E-state index in [0.717, 1.165) is 13.0 Å². The van der Waals surface area contributed by atoms with Crippen molar-refractivity contribution in [3.05, 3.63) is 35.4 Å². The monoisotopic (exact) mass is 246 g/mol. The molecule has 0 aromatic heterocycles. The Labute approximate surface area is 106 Å². The fourth-order valence-electron chi connectivity index (χ4n) is 2.66. The maximum atomic E-state index is 12.2. The summed E-state index contributed by atoms with van der Waals surface area (Å²) in [5.74, 6) is 0.159. The van der Waals surface area contributed by atoms with E-state index in [2.05, 4.69) is 17.0 Å². The molecule has 1 atom stereocenters. The molecule has 2 aliphatic rings. The van der Waals surface area contributed by atoms with E-state index in [1.54, 1.807) is 4.90 Å². The quantitative estimate of drug-likeness (QED) is 0.703. The van der Waals surface area contributed by atoms with Crippen LogP contribution in [0.3, 0.4) is 0 Å². The number of thiocarbonyl (C=S) groups is 1. The van der Waals surface area contributed by atoms with E-state index >= 15 is 0 Å². The van der Waals surface area contributed by atoms with Crippen molar-refractivity contribution in [3.8, 4) is 0 Å². The van der Waals surface area contributed by atoms with E-state index in [-0.39, 0.29) is 11.9 Å². The Balaban J connectivity index is 1.99. The molecular weight excluding hydrogens is 232 g/mol. The average Bonchev–Trinajstić information content (AvgIpc) is 2.59. The molecule has 1 amide bonds. The van der Waals surface area contributed by atoms with Gasteiger partial charge in [0.15, 0.2) is 5.11 Å². The number of carbonyl (C=O) groups excluding carboxylic acids is 1. The lowest BCUT2D eigenvalue weighted by Crippen LogP contribution is -2.39. The maximum absolute atomic E-state index is 12.2. The van der Waals surface area contributed by atoms with Crippen LogP contribution in [0.5, 0.6) is 0 Å². The van der Waals surface area contributed by atoms with Crippen molar-refractivity contribution in [1.29, 1.82) is 0 Å². The largest absolute Gasteiger partial charge is 0.332 e. The predicted octanol–water partition coefficient (Wildman–Crippen LogP) is 1.56. The van der Waals surface area contributed by atoms with Crippen LogP contribution in [-0.4, -0.2) is 33.4 Å². The number of hydrogen-bond acceptors (Lipinski definition) is 2. The van der Waals surface area contributed by atoms with Crippen molar-refractivity contribution in [2.24, 2.45) is 0 Å². The molecule has 0 aliphatic carbocycles. The molecule has 17 heavy (non-hydrogen) atoms. The fourth-order valence-corrected chi connectivity index (χ4v) is 3.08. The number of benzene rings is 1. The van der Waals surface area contributed by atoms with Crippen LogP contribution in [0.15, 0.2) is 24.3 Å². The lowest BCUT2D eigenvalue weighted by molar-refractivity contribution is -0.128. The van der Waals surface area contributed by atoms with Crippen LogP contribution in [0.2, 0.25) is 0 Å². The van der Waals surface area contributed by atoms with Crippen LogP contribution in [0.1, 0.15) is 18.1 Å². The summed E-state index contributed by atoms with van der Waals surface area (Å²) < 4.78 is 0. The van der Waals surface area contributed by atoms with Gasteiger partial charge in [0.2, 0.25) is 0 Å². The van der Waals surface area contributed by atoms with Crippen LogP contribution in [0, 0.1) is 0 Å². The summed E-state index contributed by atoms with van der Waals surface area (Å²) in [5.41, 5.74) is 2.57. The molecule has 0 spiro atoms. The highest BCUT2D eigenvalue weighted by Crippen LogP contribution is 2.29. The van der Waals surface area contributed by atoms with Gasteiger partial charge in [-0.05, 0) is 30.3 Å². The number of amides is 1. The summed E-state index contributed by atoms with van der Waals surface area (Å²) in [6.07, 6.45) is 0.783. The topological polar surface area (TPSA) is 23.6 Å². The molecule has 0 saturated carbocycles. The SMILES string of the molecule is CCN1C(=O)[C@@H]2Cc3ccccc3CN2C1=S. The van der Waals surface area contributed by atoms with Crippen molar-refractivity contribution in [1.82, 2.24) is 9.80 Å². The highest BCUT2D eigenvalue weighted by molar-refractivity contribution is 7.80. The van der Waals surface area contributed by atoms with E-state index in [9.17, 15) is 4.79 Å². The first kappa shape index (κ1) is 10.7. The standard InChI is InChI=1S/C13H14N2OS/c1-2-14-12(16)11-7-9-5-3-4-6-10(9)8-15(11)13(14)17/h3-6,11H,2,7-8H2,1H3/t11-/m0/s1. The third-order valence-corrected chi connectivity index (χ3v) is 4.05. The van der Waals surface area contributed by atoms with Crippen LogP contribution >= 0.6 is 12.2 Å². The first-order valence-corrected chi connectivity index (χ1v) is 6.32. The van der Waals surface area contributed by atoms with Crippen LogP contribution in [-0.2, 0) is 17.8 Å². The number of carbonyl (C=O) groups is 1. The first-order valence-electron chi connectivity index (χ1n) is 5.91. The first-order chi connectivity index (χ1) is 8.22. The molecule has 1 aromatic rings. The molecule has 0 unspecified atom stereocenters. The number of fused-ring (bicyclic) bond motifs is 2. The second-order valence-corrected chi connectivity index (χ2v) is 4.85. The van der Waals surface area contributed by atoms with Crippen molar-refractivity contribution >= 4 is 23.2 Å². The summed E-state index contributed by atoms with van der Waals surface area (Å²) in [4.78, 5) is 16.0.